The van der Waals surface area contributed by atoms with Crippen LogP contribution in [0.4, 0.5) is 0 Å². The van der Waals surface area contributed by atoms with Crippen molar-refractivity contribution < 1.29 is 9.53 Å². The number of hydrogen-bond acceptors (Lipinski definition) is 4. The topological polar surface area (TPSA) is 36.0 Å². The lowest BCUT2D eigenvalue weighted by Gasteiger charge is -2.35. The van der Waals surface area contributed by atoms with Gasteiger partial charge in [-0.2, -0.15) is 0 Å². The number of benzene rings is 1. The molecule has 0 aliphatic carbocycles. The van der Waals surface area contributed by atoms with Crippen LogP contribution in [0.2, 0.25) is 5.02 Å². The van der Waals surface area contributed by atoms with E-state index in [9.17, 15) is 4.79 Å². The fourth-order valence-electron chi connectivity index (χ4n) is 3.65. The van der Waals surface area contributed by atoms with E-state index in [1.165, 1.54) is 0 Å². The second kappa shape index (κ2) is 8.39. The van der Waals surface area contributed by atoms with Gasteiger partial charge >= 0.3 is 0 Å². The summed E-state index contributed by atoms with van der Waals surface area (Å²) in [7, 11) is 2.09. The summed E-state index contributed by atoms with van der Waals surface area (Å²) in [5, 5.41) is 0.735. The van der Waals surface area contributed by atoms with E-state index in [2.05, 4.69) is 16.8 Å². The zero-order valence-electron chi connectivity index (χ0n) is 15.2. The highest BCUT2D eigenvalue weighted by molar-refractivity contribution is 6.30. The first-order valence-electron chi connectivity index (χ1n) is 9.11. The van der Waals surface area contributed by atoms with E-state index >= 15 is 0 Å². The van der Waals surface area contributed by atoms with E-state index in [1.807, 2.05) is 30.0 Å². The first-order valence-corrected chi connectivity index (χ1v) is 9.49. The van der Waals surface area contributed by atoms with Gasteiger partial charge in [0.2, 0.25) is 5.91 Å². The average molecular weight is 366 g/mol. The molecule has 0 unspecified atom stereocenters. The third-order valence-corrected chi connectivity index (χ3v) is 5.46. The minimum absolute atomic E-state index is 0.202. The Morgan fingerprint density at radius 2 is 2.00 bits per heavy atom. The van der Waals surface area contributed by atoms with Gasteiger partial charge < -0.3 is 14.5 Å². The van der Waals surface area contributed by atoms with Gasteiger partial charge in [0.15, 0.2) is 0 Å². The lowest BCUT2D eigenvalue weighted by molar-refractivity contribution is -0.136. The van der Waals surface area contributed by atoms with Crippen LogP contribution >= 0.6 is 11.6 Å². The SMILES string of the molecule is Cc1cc(Cl)ccc1OCCN1CCN(C(=O)[C@H]2CCN(C)C2)CC1. The molecule has 0 saturated carbocycles. The first kappa shape index (κ1) is 18.5. The lowest BCUT2D eigenvalue weighted by Crippen LogP contribution is -2.51. The number of hydrogen-bond donors (Lipinski definition) is 0. The quantitative estimate of drug-likeness (QED) is 0.800. The number of carbonyl (C=O) groups is 1. The van der Waals surface area contributed by atoms with Gasteiger partial charge in [0.25, 0.3) is 0 Å². The highest BCUT2D eigenvalue weighted by Gasteiger charge is 2.31. The Morgan fingerprint density at radius 1 is 1.24 bits per heavy atom. The Kier molecular flexibility index (Phi) is 6.20. The molecule has 0 spiro atoms. The maximum Gasteiger partial charge on any atom is 0.227 e. The highest BCUT2D eigenvalue weighted by Crippen LogP contribution is 2.22. The summed E-state index contributed by atoms with van der Waals surface area (Å²) >= 11 is 5.97. The Labute approximate surface area is 155 Å². The standard InChI is InChI=1S/C19H28ClN3O2/c1-15-13-17(20)3-4-18(15)25-12-11-22-7-9-23(10-8-22)19(24)16-5-6-21(2)14-16/h3-4,13,16H,5-12,14H2,1-2H3/t16-/m0/s1. The largest absolute Gasteiger partial charge is 0.492 e. The molecule has 0 aromatic heterocycles. The van der Waals surface area contributed by atoms with E-state index in [0.717, 1.165) is 68.6 Å². The van der Waals surface area contributed by atoms with E-state index in [-0.39, 0.29) is 5.92 Å². The molecule has 5 nitrogen and oxygen atoms in total. The van der Waals surface area contributed by atoms with Crippen LogP contribution in [-0.2, 0) is 4.79 Å². The maximum atomic E-state index is 12.6. The summed E-state index contributed by atoms with van der Waals surface area (Å²) in [4.78, 5) is 19.2. The number of nitrogens with zero attached hydrogens (tertiary/aromatic N) is 3. The number of rotatable bonds is 5. The molecular weight excluding hydrogens is 338 g/mol. The summed E-state index contributed by atoms with van der Waals surface area (Å²) in [6, 6.07) is 5.70. The predicted octanol–water partition coefficient (Wildman–Crippen LogP) is 2.12. The Hall–Kier alpha value is -1.30. The summed E-state index contributed by atoms with van der Waals surface area (Å²) in [5.74, 6) is 1.44. The Morgan fingerprint density at radius 3 is 2.64 bits per heavy atom. The lowest BCUT2D eigenvalue weighted by atomic mass is 10.1. The molecule has 3 rings (SSSR count). The molecule has 0 N–H and O–H groups in total. The van der Waals surface area contributed by atoms with Crippen molar-refractivity contribution in [3.05, 3.63) is 28.8 Å². The number of carbonyl (C=O) groups excluding carboxylic acids is 1. The van der Waals surface area contributed by atoms with Crippen molar-refractivity contribution in [2.75, 3.05) is 59.5 Å². The van der Waals surface area contributed by atoms with Gasteiger partial charge in [-0.05, 0) is 50.7 Å². The van der Waals surface area contributed by atoms with Crippen LogP contribution in [0.25, 0.3) is 0 Å². The van der Waals surface area contributed by atoms with Crippen molar-refractivity contribution >= 4 is 17.5 Å². The normalized spacial score (nSPS) is 22.4. The van der Waals surface area contributed by atoms with Crippen molar-refractivity contribution in [2.45, 2.75) is 13.3 Å². The number of aryl methyl sites for hydroxylation is 1. The molecule has 138 valence electrons. The van der Waals surface area contributed by atoms with E-state index in [1.54, 1.807) is 0 Å². The van der Waals surface area contributed by atoms with Crippen LogP contribution in [0, 0.1) is 12.8 Å². The fraction of sp³-hybridized carbons (Fsp3) is 0.632. The molecular formula is C19H28ClN3O2. The molecule has 6 heteroatoms. The molecule has 2 heterocycles. The number of amides is 1. The Balaban J connectivity index is 1.38. The smallest absolute Gasteiger partial charge is 0.227 e. The summed E-state index contributed by atoms with van der Waals surface area (Å²) in [6.45, 7) is 9.02. The highest BCUT2D eigenvalue weighted by atomic mass is 35.5. The molecule has 25 heavy (non-hydrogen) atoms. The minimum atomic E-state index is 0.202. The van der Waals surface area contributed by atoms with E-state index in [0.29, 0.717) is 12.5 Å². The minimum Gasteiger partial charge on any atom is -0.492 e. The molecule has 2 saturated heterocycles. The zero-order chi connectivity index (χ0) is 17.8. The van der Waals surface area contributed by atoms with Crippen LogP contribution in [-0.4, -0.2) is 80.1 Å². The van der Waals surface area contributed by atoms with Gasteiger partial charge in [-0.15, -0.1) is 0 Å². The van der Waals surface area contributed by atoms with Gasteiger partial charge in [0.05, 0.1) is 5.92 Å². The van der Waals surface area contributed by atoms with Gasteiger partial charge in [-0.1, -0.05) is 11.6 Å². The fourth-order valence-corrected chi connectivity index (χ4v) is 3.87. The van der Waals surface area contributed by atoms with Crippen molar-refractivity contribution in [2.24, 2.45) is 5.92 Å². The van der Waals surface area contributed by atoms with Crippen molar-refractivity contribution in [1.82, 2.24) is 14.7 Å². The van der Waals surface area contributed by atoms with Gasteiger partial charge in [0.1, 0.15) is 12.4 Å². The van der Waals surface area contributed by atoms with Crippen LogP contribution in [0.5, 0.6) is 5.75 Å². The van der Waals surface area contributed by atoms with Crippen molar-refractivity contribution in [1.29, 1.82) is 0 Å². The predicted molar refractivity (Wildman–Crippen MR) is 100 cm³/mol. The van der Waals surface area contributed by atoms with Crippen LogP contribution in [0.15, 0.2) is 18.2 Å². The van der Waals surface area contributed by atoms with Crippen LogP contribution in [0.3, 0.4) is 0 Å². The zero-order valence-corrected chi connectivity index (χ0v) is 16.0. The number of piperazine rings is 1. The molecule has 1 aromatic rings. The van der Waals surface area contributed by atoms with Crippen LogP contribution in [0.1, 0.15) is 12.0 Å². The van der Waals surface area contributed by atoms with Crippen molar-refractivity contribution in [3.8, 4) is 5.75 Å². The van der Waals surface area contributed by atoms with E-state index in [4.69, 9.17) is 16.3 Å². The number of ether oxygens (including phenoxy) is 1. The summed E-state index contributed by atoms with van der Waals surface area (Å²) in [5.41, 5.74) is 1.06. The van der Waals surface area contributed by atoms with Gasteiger partial charge in [-0.3, -0.25) is 9.69 Å². The van der Waals surface area contributed by atoms with Gasteiger partial charge in [0, 0.05) is 44.3 Å². The third-order valence-electron chi connectivity index (χ3n) is 5.23. The average Bonchev–Trinajstić information content (AvgIpc) is 3.03. The molecule has 0 bridgehead atoms. The van der Waals surface area contributed by atoms with Crippen LogP contribution < -0.4 is 4.74 Å². The molecule has 2 aliphatic heterocycles. The van der Waals surface area contributed by atoms with Gasteiger partial charge in [-0.25, -0.2) is 0 Å². The molecule has 2 fully saturated rings. The molecule has 1 aromatic carbocycles. The molecule has 1 amide bonds. The van der Waals surface area contributed by atoms with Crippen molar-refractivity contribution in [3.63, 3.8) is 0 Å². The summed E-state index contributed by atoms with van der Waals surface area (Å²) < 4.78 is 5.88. The second-order valence-corrected chi connectivity index (χ2v) is 7.61. The number of halogens is 1. The monoisotopic (exact) mass is 365 g/mol. The molecule has 0 radical (unpaired) electrons. The third kappa shape index (κ3) is 4.87. The second-order valence-electron chi connectivity index (χ2n) is 7.17. The molecule has 2 aliphatic rings. The Bertz CT molecular complexity index is 602. The number of likely N-dealkylation sites (tertiary alicyclic amines) is 1. The summed E-state index contributed by atoms with van der Waals surface area (Å²) in [6.07, 6.45) is 1.00. The first-order chi connectivity index (χ1) is 12.0. The van der Waals surface area contributed by atoms with E-state index < -0.39 is 0 Å². The maximum absolute atomic E-state index is 12.6. The molecule has 1 atom stereocenters.